The van der Waals surface area contributed by atoms with Gasteiger partial charge in [0.15, 0.2) is 0 Å². The maximum absolute atomic E-state index is 11.5. The minimum atomic E-state index is -3.55. The molecule has 3 rings (SSSR count). The van der Waals surface area contributed by atoms with Gasteiger partial charge in [-0.3, -0.25) is 0 Å². The van der Waals surface area contributed by atoms with Crippen LogP contribution in [0.5, 0.6) is 11.5 Å². The first-order chi connectivity index (χ1) is 16.9. The van der Waals surface area contributed by atoms with Gasteiger partial charge >= 0.3 is 0 Å². The first-order valence-electron chi connectivity index (χ1n) is 13.0. The summed E-state index contributed by atoms with van der Waals surface area (Å²) >= 11 is 0. The van der Waals surface area contributed by atoms with Crippen LogP contribution in [0, 0.1) is 11.3 Å². The maximum Gasteiger partial charge on any atom is 0.120 e. The molecule has 2 aromatic carbocycles. The average Bonchev–Trinajstić information content (AvgIpc) is 2.81. The standard InChI is InChI=1S/C29H44NO5P/c1-29(2,3)15-7-9-23-11-12-25(34-4)19-27(23)30-16-13-22(14-17-30)20-35-26-10-6-8-24(18-26)28(31)21-36(5,32)33/h6,8,10-12,18-19,22,28,31H,7,9,13-17,20-21H2,1-5H3,(H,32,33)/p-1/t28-/m1/s1. The molecule has 36 heavy (non-hydrogen) atoms. The first-order valence-corrected chi connectivity index (χ1v) is 15.3. The number of rotatable bonds is 11. The molecule has 2 atom stereocenters. The highest BCUT2D eigenvalue weighted by molar-refractivity contribution is 7.55. The van der Waals surface area contributed by atoms with E-state index in [0.717, 1.165) is 44.8 Å². The third-order valence-electron chi connectivity index (χ3n) is 6.85. The molecule has 0 bridgehead atoms. The van der Waals surface area contributed by atoms with Gasteiger partial charge in [0.05, 0.1) is 19.8 Å². The molecule has 2 aromatic rings. The number of aryl methyl sites for hydroxylation is 1. The van der Waals surface area contributed by atoms with E-state index in [2.05, 4.69) is 43.9 Å². The minimum absolute atomic E-state index is 0.266. The number of hydrogen-bond donors (Lipinski definition) is 1. The van der Waals surface area contributed by atoms with E-state index in [1.807, 2.05) is 6.07 Å². The van der Waals surface area contributed by atoms with Crippen LogP contribution in [0.1, 0.15) is 63.7 Å². The van der Waals surface area contributed by atoms with Crippen molar-refractivity contribution in [1.29, 1.82) is 0 Å². The predicted octanol–water partition coefficient (Wildman–Crippen LogP) is 5.66. The average molecular weight is 517 g/mol. The summed E-state index contributed by atoms with van der Waals surface area (Å²) in [5.41, 5.74) is 3.59. The summed E-state index contributed by atoms with van der Waals surface area (Å²) in [4.78, 5) is 14.0. The number of ether oxygens (including phenoxy) is 2. The second-order valence-corrected chi connectivity index (χ2v) is 13.8. The van der Waals surface area contributed by atoms with Gasteiger partial charge in [-0.1, -0.05) is 39.0 Å². The summed E-state index contributed by atoms with van der Waals surface area (Å²) in [7, 11) is -1.83. The highest BCUT2D eigenvalue weighted by atomic mass is 31.2. The zero-order valence-corrected chi connectivity index (χ0v) is 23.4. The van der Waals surface area contributed by atoms with Crippen molar-refractivity contribution in [3.8, 4) is 11.5 Å². The molecule has 1 N–H and O–H groups in total. The van der Waals surface area contributed by atoms with Gasteiger partial charge in [0.1, 0.15) is 11.5 Å². The molecule has 7 heteroatoms. The van der Waals surface area contributed by atoms with Crippen molar-refractivity contribution in [3.05, 3.63) is 53.6 Å². The van der Waals surface area contributed by atoms with E-state index < -0.39 is 13.5 Å². The smallest absolute Gasteiger partial charge is 0.120 e. The molecule has 0 saturated carbocycles. The van der Waals surface area contributed by atoms with Crippen molar-refractivity contribution >= 4 is 13.1 Å². The Morgan fingerprint density at radius 1 is 1.14 bits per heavy atom. The fraction of sp³-hybridized carbons (Fsp3) is 0.586. The molecular weight excluding hydrogens is 473 g/mol. The van der Waals surface area contributed by atoms with Crippen LogP contribution in [0.2, 0.25) is 0 Å². The van der Waals surface area contributed by atoms with E-state index in [-0.39, 0.29) is 6.16 Å². The van der Waals surface area contributed by atoms with Crippen LogP contribution in [0.3, 0.4) is 0 Å². The molecule has 1 saturated heterocycles. The lowest BCUT2D eigenvalue weighted by Crippen LogP contribution is -2.36. The Kier molecular flexibility index (Phi) is 9.91. The van der Waals surface area contributed by atoms with Gasteiger partial charge in [-0.05, 0) is 79.4 Å². The Morgan fingerprint density at radius 2 is 1.86 bits per heavy atom. The monoisotopic (exact) mass is 516 g/mol. The Hall–Kier alpha value is -2.01. The number of methoxy groups -OCH3 is 1. The SMILES string of the molecule is COc1ccc(CCCC(C)(C)C)c(N2CCC(COc3cccc([C@H](O)CP(C)(=O)[O-])c3)CC2)c1. The second kappa shape index (κ2) is 12.5. The molecule has 1 fully saturated rings. The van der Waals surface area contributed by atoms with E-state index >= 15 is 0 Å². The number of hydrogen-bond acceptors (Lipinski definition) is 6. The summed E-state index contributed by atoms with van der Waals surface area (Å²) in [6.07, 6.45) is 4.22. The number of aliphatic hydroxyl groups excluding tert-OH is 1. The van der Waals surface area contributed by atoms with E-state index in [1.165, 1.54) is 24.1 Å². The largest absolute Gasteiger partial charge is 0.799 e. The number of nitrogens with zero attached hydrogens (tertiary/aromatic N) is 1. The molecule has 0 radical (unpaired) electrons. The van der Waals surface area contributed by atoms with E-state index in [4.69, 9.17) is 9.47 Å². The first kappa shape index (κ1) is 28.6. The van der Waals surface area contributed by atoms with Gasteiger partial charge in [-0.25, -0.2) is 0 Å². The molecule has 6 nitrogen and oxygen atoms in total. The van der Waals surface area contributed by atoms with Gasteiger partial charge in [0.2, 0.25) is 0 Å². The van der Waals surface area contributed by atoms with Crippen LogP contribution in [-0.4, -0.2) is 44.7 Å². The summed E-state index contributed by atoms with van der Waals surface area (Å²) < 4.78 is 23.1. The highest BCUT2D eigenvalue weighted by Gasteiger charge is 2.23. The van der Waals surface area contributed by atoms with Gasteiger partial charge in [0.25, 0.3) is 0 Å². The summed E-state index contributed by atoms with van der Waals surface area (Å²) in [5.74, 6) is 2.01. The highest BCUT2D eigenvalue weighted by Crippen LogP contribution is 2.36. The fourth-order valence-corrected chi connectivity index (χ4v) is 5.61. The molecule has 1 aliphatic rings. The molecule has 0 spiro atoms. The Balaban J connectivity index is 1.56. The Bertz CT molecular complexity index is 1020. The van der Waals surface area contributed by atoms with Crippen molar-refractivity contribution in [2.45, 2.75) is 59.0 Å². The van der Waals surface area contributed by atoms with Crippen molar-refractivity contribution in [1.82, 2.24) is 0 Å². The molecule has 0 aliphatic carbocycles. The summed E-state index contributed by atoms with van der Waals surface area (Å²) in [6.45, 7) is 10.6. The van der Waals surface area contributed by atoms with E-state index in [9.17, 15) is 14.6 Å². The zero-order chi connectivity index (χ0) is 26.3. The predicted molar refractivity (Wildman–Crippen MR) is 146 cm³/mol. The Labute approximate surface area is 217 Å². The minimum Gasteiger partial charge on any atom is -0.799 e. The van der Waals surface area contributed by atoms with Crippen LogP contribution in [0.15, 0.2) is 42.5 Å². The molecule has 1 heterocycles. The number of anilines is 1. The number of aliphatic hydroxyl groups is 1. The van der Waals surface area contributed by atoms with Gasteiger partial charge in [-0.15, -0.1) is 0 Å². The maximum atomic E-state index is 11.5. The van der Waals surface area contributed by atoms with Crippen LogP contribution >= 0.6 is 7.37 Å². The van der Waals surface area contributed by atoms with E-state index in [1.54, 1.807) is 25.3 Å². The van der Waals surface area contributed by atoms with Gasteiger partial charge < -0.3 is 28.9 Å². The van der Waals surface area contributed by atoms with Crippen LogP contribution < -0.4 is 19.3 Å². The van der Waals surface area contributed by atoms with Gasteiger partial charge in [0, 0.05) is 38.4 Å². The number of piperidine rings is 1. The zero-order valence-electron chi connectivity index (χ0n) is 22.5. The lowest BCUT2D eigenvalue weighted by atomic mass is 9.88. The van der Waals surface area contributed by atoms with Crippen molar-refractivity contribution in [2.75, 3.05) is 44.5 Å². The topological polar surface area (TPSA) is 82.1 Å². The van der Waals surface area contributed by atoms with Crippen molar-refractivity contribution in [2.24, 2.45) is 11.3 Å². The molecule has 200 valence electrons. The lowest BCUT2D eigenvalue weighted by molar-refractivity contribution is -0.174. The van der Waals surface area contributed by atoms with E-state index in [0.29, 0.717) is 29.3 Å². The molecule has 0 aromatic heterocycles. The third kappa shape index (κ3) is 9.14. The molecule has 0 amide bonds. The van der Waals surface area contributed by atoms with Crippen molar-refractivity contribution in [3.63, 3.8) is 0 Å². The summed E-state index contributed by atoms with van der Waals surface area (Å²) in [5, 5.41) is 10.2. The lowest BCUT2D eigenvalue weighted by Gasteiger charge is -2.35. The Morgan fingerprint density at radius 3 is 2.50 bits per heavy atom. The second-order valence-electron chi connectivity index (χ2n) is 11.4. The molecule has 1 aliphatic heterocycles. The van der Waals surface area contributed by atoms with Crippen LogP contribution in [0.4, 0.5) is 5.69 Å². The number of benzene rings is 2. The summed E-state index contributed by atoms with van der Waals surface area (Å²) in [6, 6.07) is 13.6. The van der Waals surface area contributed by atoms with Crippen LogP contribution in [0.25, 0.3) is 0 Å². The van der Waals surface area contributed by atoms with Gasteiger partial charge in [-0.2, -0.15) is 0 Å². The quantitative estimate of drug-likeness (QED) is 0.388. The van der Waals surface area contributed by atoms with Crippen LogP contribution in [-0.2, 0) is 11.0 Å². The third-order valence-corrected chi connectivity index (χ3v) is 7.86. The normalized spacial score (nSPS) is 17.5. The van der Waals surface area contributed by atoms with Crippen molar-refractivity contribution < 1.29 is 24.0 Å². The fourth-order valence-electron chi connectivity index (χ4n) is 4.77. The molecular formula is C29H43NO5P-. The molecule has 1 unspecified atom stereocenters.